The Kier molecular flexibility index (Phi) is 33.6. The Morgan fingerprint density at radius 2 is 0.938 bits per heavy atom. The average Bonchev–Trinajstić information content (AvgIpc) is 1.49. The minimum Gasteiger partial charge on any atom is -0.780 e. The number of phosphoric ester groups is 2. The van der Waals surface area contributed by atoms with Gasteiger partial charge in [0.25, 0.3) is 0 Å². The fraction of sp³-hybridized carbons (Fsp3) is 0. The van der Waals surface area contributed by atoms with Crippen molar-refractivity contribution in [3.8, 4) is 0 Å². The van der Waals surface area contributed by atoms with Crippen LogP contribution in [0.3, 0.4) is 0 Å². The largest absolute Gasteiger partial charge is 1.00 e. The maximum atomic E-state index is 9.89. The van der Waals surface area contributed by atoms with E-state index >= 15 is 0 Å². The van der Waals surface area contributed by atoms with Crippen LogP contribution in [0.2, 0.25) is 0 Å². The van der Waals surface area contributed by atoms with Crippen molar-refractivity contribution in [3.63, 3.8) is 0 Å². The zero-order valence-electron chi connectivity index (χ0n) is 9.07. The van der Waals surface area contributed by atoms with Gasteiger partial charge in [-0.25, -0.2) is 4.79 Å². The summed E-state index contributed by atoms with van der Waals surface area (Å²) in [6.07, 6.45) is -2.39. The molecular formula is CK4O9P2. The van der Waals surface area contributed by atoms with E-state index in [1.807, 2.05) is 0 Å². The fourth-order valence-corrected chi connectivity index (χ4v) is 0.698. The van der Waals surface area contributed by atoms with Crippen molar-refractivity contribution in [1.29, 1.82) is 0 Å². The number of carbonyl (C=O) groups excluding carboxylic acids is 1. The maximum Gasteiger partial charge on any atom is 1.00 e. The SMILES string of the molecule is O=C(OP(=O)([O-])[O-])OP(=O)([O-])[O-].[K+].[K+].[K+].[K+]. The average molecular weight is 374 g/mol. The number of hydrogen-bond acceptors (Lipinski definition) is 9. The minimum absolute atomic E-state index is 0. The first-order valence-electron chi connectivity index (χ1n) is 2.07. The van der Waals surface area contributed by atoms with Crippen LogP contribution in [0.1, 0.15) is 0 Å². The zero-order chi connectivity index (χ0) is 9.99. The van der Waals surface area contributed by atoms with E-state index in [4.69, 9.17) is 0 Å². The summed E-state index contributed by atoms with van der Waals surface area (Å²) in [6, 6.07) is 0. The first-order chi connectivity index (χ1) is 5.10. The van der Waals surface area contributed by atoms with Crippen molar-refractivity contribution in [2.75, 3.05) is 0 Å². The molecule has 0 rings (SSSR count). The van der Waals surface area contributed by atoms with Crippen LogP contribution < -0.4 is 225 Å². The summed E-state index contributed by atoms with van der Waals surface area (Å²) >= 11 is 0. The van der Waals surface area contributed by atoms with E-state index in [1.54, 1.807) is 0 Å². The number of hydrogen-bond donors (Lipinski definition) is 0. The predicted octanol–water partition coefficient (Wildman–Crippen LogP) is -15.2. The molecule has 72 valence electrons. The van der Waals surface area contributed by atoms with Gasteiger partial charge in [-0.2, -0.15) is 0 Å². The first-order valence-corrected chi connectivity index (χ1v) is 4.99. The molecule has 16 heavy (non-hydrogen) atoms. The molecule has 0 aliphatic rings. The summed E-state index contributed by atoms with van der Waals surface area (Å²) in [5.74, 6) is 0. The summed E-state index contributed by atoms with van der Waals surface area (Å²) in [7, 11) is -11.4. The Bertz CT molecular complexity index is 241. The summed E-state index contributed by atoms with van der Waals surface area (Å²) in [4.78, 5) is 48.2. The monoisotopic (exact) mass is 374 g/mol. The standard InChI is InChI=1S/CH4O9P2.4K/c2-1(9-11(3,4)5)10-12(6,7)8;;;;/h(H2,3,4,5)(H2,6,7,8);;;;/q;4*+1/p-4. The van der Waals surface area contributed by atoms with Crippen LogP contribution in [0.25, 0.3) is 0 Å². The summed E-state index contributed by atoms with van der Waals surface area (Å²) in [6.45, 7) is 0. The van der Waals surface area contributed by atoms with Gasteiger partial charge in [-0.1, -0.05) is 0 Å². The van der Waals surface area contributed by atoms with Crippen LogP contribution in [-0.2, 0) is 18.2 Å². The van der Waals surface area contributed by atoms with Crippen LogP contribution in [0.15, 0.2) is 0 Å². The Morgan fingerprint density at radius 1 is 0.750 bits per heavy atom. The van der Waals surface area contributed by atoms with Gasteiger partial charge in [0.05, 0.1) is 0 Å². The van der Waals surface area contributed by atoms with Gasteiger partial charge in [0, 0.05) is 0 Å². The van der Waals surface area contributed by atoms with Crippen molar-refractivity contribution >= 4 is 21.8 Å². The maximum absolute atomic E-state index is 9.89. The molecule has 0 atom stereocenters. The van der Waals surface area contributed by atoms with E-state index in [0.717, 1.165) is 0 Å². The van der Waals surface area contributed by atoms with Gasteiger partial charge in [-0.05, 0) is 0 Å². The third-order valence-corrected chi connectivity index (χ3v) is 1.12. The minimum atomic E-state index is -5.68. The molecule has 0 aliphatic carbocycles. The first kappa shape index (κ1) is 33.7. The topological polar surface area (TPSA) is 162 Å². The third kappa shape index (κ3) is 28.3. The van der Waals surface area contributed by atoms with E-state index in [9.17, 15) is 33.5 Å². The predicted molar refractivity (Wildman–Crippen MR) is 22.8 cm³/mol. The third-order valence-electron chi connectivity index (χ3n) is 0.373. The van der Waals surface area contributed by atoms with Crippen molar-refractivity contribution in [2.45, 2.75) is 0 Å². The number of carbonyl (C=O) groups is 1. The Hall–Kier alpha value is 6.12. The Morgan fingerprint density at radius 3 is 1.06 bits per heavy atom. The molecule has 0 unspecified atom stereocenters. The zero-order valence-corrected chi connectivity index (χ0v) is 23.3. The number of rotatable bonds is 2. The fourth-order valence-electron chi connectivity index (χ4n) is 0.199. The van der Waals surface area contributed by atoms with E-state index in [2.05, 4.69) is 9.05 Å². The molecule has 0 aromatic heterocycles. The molecule has 0 aromatic carbocycles. The molecule has 0 radical (unpaired) electrons. The Labute approximate surface area is 261 Å². The van der Waals surface area contributed by atoms with Crippen LogP contribution in [0.4, 0.5) is 4.79 Å². The molecule has 0 saturated heterocycles. The second-order valence-electron chi connectivity index (χ2n) is 1.33. The van der Waals surface area contributed by atoms with E-state index in [0.29, 0.717) is 0 Å². The molecule has 0 aromatic rings. The Balaban J connectivity index is -0.000000101. The molecule has 0 saturated carbocycles. The molecule has 15 heteroatoms. The van der Waals surface area contributed by atoms with E-state index in [1.165, 1.54) is 0 Å². The molecule has 0 spiro atoms. The van der Waals surface area contributed by atoms with Crippen molar-refractivity contribution < 1.29 is 248 Å². The van der Waals surface area contributed by atoms with Crippen molar-refractivity contribution in [3.05, 3.63) is 0 Å². The van der Waals surface area contributed by atoms with Gasteiger partial charge < -0.3 is 37.8 Å². The van der Waals surface area contributed by atoms with Crippen molar-refractivity contribution in [2.24, 2.45) is 0 Å². The van der Waals surface area contributed by atoms with Crippen LogP contribution in [0, 0.1) is 0 Å². The number of phosphoric acid groups is 2. The molecule has 0 amide bonds. The molecule has 0 bridgehead atoms. The second-order valence-corrected chi connectivity index (χ2v) is 3.48. The van der Waals surface area contributed by atoms with Crippen LogP contribution in [0.5, 0.6) is 0 Å². The summed E-state index contributed by atoms with van der Waals surface area (Å²) in [5, 5.41) is 0. The summed E-state index contributed by atoms with van der Waals surface area (Å²) < 4.78 is 24.8. The van der Waals surface area contributed by atoms with Gasteiger partial charge >= 0.3 is 212 Å². The van der Waals surface area contributed by atoms with Gasteiger partial charge in [0.1, 0.15) is 15.6 Å². The van der Waals surface area contributed by atoms with Gasteiger partial charge in [0.15, 0.2) is 0 Å². The smallest absolute Gasteiger partial charge is 0.780 e. The summed E-state index contributed by atoms with van der Waals surface area (Å²) in [5.41, 5.74) is 0. The normalized spacial score (nSPS) is 9.25. The van der Waals surface area contributed by atoms with Gasteiger partial charge in [0.2, 0.25) is 0 Å². The molecule has 0 aliphatic heterocycles. The van der Waals surface area contributed by atoms with E-state index in [-0.39, 0.29) is 206 Å². The van der Waals surface area contributed by atoms with Crippen molar-refractivity contribution in [1.82, 2.24) is 0 Å². The van der Waals surface area contributed by atoms with Crippen LogP contribution in [-0.4, -0.2) is 6.16 Å². The molecule has 9 nitrogen and oxygen atoms in total. The molecule has 0 N–H and O–H groups in total. The quantitative estimate of drug-likeness (QED) is 0.337. The second kappa shape index (κ2) is 16.0. The molecule has 0 fully saturated rings. The van der Waals surface area contributed by atoms with Gasteiger partial charge in [-0.3, -0.25) is 0 Å². The molecule has 0 heterocycles. The van der Waals surface area contributed by atoms with Crippen LogP contribution >= 0.6 is 15.6 Å². The van der Waals surface area contributed by atoms with E-state index < -0.39 is 21.8 Å². The van der Waals surface area contributed by atoms with Gasteiger partial charge in [-0.15, -0.1) is 0 Å². The molecular weight excluding hydrogens is 374 g/mol.